The van der Waals surface area contributed by atoms with Gasteiger partial charge >= 0.3 is 0 Å². The molecule has 0 unspecified atom stereocenters. The van der Waals surface area contributed by atoms with E-state index in [1.165, 1.54) is 0 Å². The number of nitrogens with two attached hydrogens (primary N) is 1. The summed E-state index contributed by atoms with van der Waals surface area (Å²) in [5.41, 5.74) is 6.84. The van der Waals surface area contributed by atoms with Crippen molar-refractivity contribution < 1.29 is 9.90 Å². The molecule has 1 saturated heterocycles. The molecule has 1 aliphatic rings. The second kappa shape index (κ2) is 5.06. The third kappa shape index (κ3) is 2.61. The standard InChI is InChI=1S/C12H15BrN2O2/c13-9-4-8(5-10(14)6-9)12(17)15-3-1-2-11(15)7-16/h4-6,11,16H,1-3,7,14H2/t11-/m1/s1. The summed E-state index contributed by atoms with van der Waals surface area (Å²) < 4.78 is 0.792. The van der Waals surface area contributed by atoms with Crippen LogP contribution >= 0.6 is 15.9 Å². The predicted molar refractivity (Wildman–Crippen MR) is 69.7 cm³/mol. The van der Waals surface area contributed by atoms with E-state index in [0.29, 0.717) is 17.8 Å². The molecule has 1 aromatic rings. The Morgan fingerprint density at radius 3 is 2.94 bits per heavy atom. The van der Waals surface area contributed by atoms with Gasteiger partial charge in [-0.15, -0.1) is 0 Å². The average Bonchev–Trinajstić information content (AvgIpc) is 2.74. The topological polar surface area (TPSA) is 66.6 Å². The molecule has 0 aliphatic carbocycles. The number of rotatable bonds is 2. The molecule has 3 N–H and O–H groups in total. The molecule has 0 spiro atoms. The summed E-state index contributed by atoms with van der Waals surface area (Å²) in [5, 5.41) is 9.21. The van der Waals surface area contributed by atoms with Crippen molar-refractivity contribution in [2.45, 2.75) is 18.9 Å². The van der Waals surface area contributed by atoms with Crippen LogP contribution in [0, 0.1) is 0 Å². The molecule has 0 aromatic heterocycles. The van der Waals surface area contributed by atoms with E-state index in [-0.39, 0.29) is 18.6 Å². The molecule has 0 saturated carbocycles. The fourth-order valence-electron chi connectivity index (χ4n) is 2.19. The van der Waals surface area contributed by atoms with Gasteiger partial charge in [-0.25, -0.2) is 0 Å². The monoisotopic (exact) mass is 298 g/mol. The highest BCUT2D eigenvalue weighted by Gasteiger charge is 2.28. The molecule has 1 heterocycles. The number of carbonyl (C=O) groups excluding carboxylic acids is 1. The smallest absolute Gasteiger partial charge is 0.254 e. The van der Waals surface area contributed by atoms with Crippen molar-refractivity contribution in [3.63, 3.8) is 0 Å². The lowest BCUT2D eigenvalue weighted by Crippen LogP contribution is -2.37. The van der Waals surface area contributed by atoms with Crippen LogP contribution in [-0.2, 0) is 0 Å². The maximum atomic E-state index is 12.3. The van der Waals surface area contributed by atoms with Gasteiger partial charge in [0.2, 0.25) is 0 Å². The Labute approximate surface area is 109 Å². The Hall–Kier alpha value is -1.07. The van der Waals surface area contributed by atoms with E-state index in [9.17, 15) is 9.90 Å². The number of aliphatic hydroxyl groups excluding tert-OH is 1. The first-order chi connectivity index (χ1) is 8.11. The highest BCUT2D eigenvalue weighted by molar-refractivity contribution is 9.10. The normalized spacial score (nSPS) is 19.6. The van der Waals surface area contributed by atoms with Gasteiger partial charge in [-0.3, -0.25) is 4.79 Å². The van der Waals surface area contributed by atoms with E-state index in [4.69, 9.17) is 5.73 Å². The average molecular weight is 299 g/mol. The van der Waals surface area contributed by atoms with Gasteiger partial charge in [0.25, 0.3) is 5.91 Å². The van der Waals surface area contributed by atoms with E-state index in [1.807, 2.05) is 0 Å². The minimum absolute atomic E-state index is 0.0230. The van der Waals surface area contributed by atoms with Crippen molar-refractivity contribution in [3.8, 4) is 0 Å². The van der Waals surface area contributed by atoms with Crippen molar-refractivity contribution in [2.24, 2.45) is 0 Å². The lowest BCUT2D eigenvalue weighted by Gasteiger charge is -2.23. The van der Waals surface area contributed by atoms with Crippen LogP contribution in [0.25, 0.3) is 0 Å². The van der Waals surface area contributed by atoms with Crippen molar-refractivity contribution >= 4 is 27.5 Å². The van der Waals surface area contributed by atoms with Gasteiger partial charge in [0.05, 0.1) is 12.6 Å². The third-order valence-corrected chi connectivity index (χ3v) is 3.47. The summed E-state index contributed by atoms with van der Waals surface area (Å²) >= 11 is 3.32. The second-order valence-electron chi connectivity index (χ2n) is 4.25. The number of nitrogens with zero attached hydrogens (tertiary/aromatic N) is 1. The number of likely N-dealkylation sites (tertiary alicyclic amines) is 1. The zero-order chi connectivity index (χ0) is 12.4. The number of nitrogen functional groups attached to an aromatic ring is 1. The molecule has 1 aromatic carbocycles. The number of benzene rings is 1. The molecule has 1 aliphatic heterocycles. The molecule has 17 heavy (non-hydrogen) atoms. The molecule has 0 bridgehead atoms. The van der Waals surface area contributed by atoms with Crippen LogP contribution in [0.2, 0.25) is 0 Å². The van der Waals surface area contributed by atoms with E-state index in [1.54, 1.807) is 23.1 Å². The molecular weight excluding hydrogens is 284 g/mol. The maximum absolute atomic E-state index is 12.3. The number of anilines is 1. The maximum Gasteiger partial charge on any atom is 0.254 e. The first-order valence-corrected chi connectivity index (χ1v) is 6.39. The first kappa shape index (κ1) is 12.4. The van der Waals surface area contributed by atoms with Crippen molar-refractivity contribution in [2.75, 3.05) is 18.9 Å². The predicted octanol–water partition coefficient (Wildman–Crippen LogP) is 1.63. The molecular formula is C12H15BrN2O2. The van der Waals surface area contributed by atoms with Gasteiger partial charge in [0, 0.05) is 22.3 Å². The number of amides is 1. The summed E-state index contributed by atoms with van der Waals surface area (Å²) in [4.78, 5) is 14.0. The van der Waals surface area contributed by atoms with Gasteiger partial charge in [-0.2, -0.15) is 0 Å². The molecule has 4 nitrogen and oxygen atoms in total. The fraction of sp³-hybridized carbons (Fsp3) is 0.417. The third-order valence-electron chi connectivity index (χ3n) is 3.02. The number of hydrogen-bond acceptors (Lipinski definition) is 3. The van der Waals surface area contributed by atoms with Crippen molar-refractivity contribution in [1.82, 2.24) is 4.90 Å². The number of halogens is 1. The van der Waals surface area contributed by atoms with E-state index < -0.39 is 0 Å². The van der Waals surface area contributed by atoms with Gasteiger partial charge in [0.15, 0.2) is 0 Å². The Bertz CT molecular complexity index is 416. The quantitative estimate of drug-likeness (QED) is 0.816. The minimum atomic E-state index is -0.0606. The van der Waals surface area contributed by atoms with Crippen LogP contribution in [-0.4, -0.2) is 35.1 Å². The van der Waals surface area contributed by atoms with Gasteiger partial charge in [0.1, 0.15) is 0 Å². The Kier molecular flexibility index (Phi) is 3.69. The molecule has 0 radical (unpaired) electrons. The number of carbonyl (C=O) groups is 1. The van der Waals surface area contributed by atoms with Crippen LogP contribution in [0.5, 0.6) is 0 Å². The van der Waals surface area contributed by atoms with Gasteiger partial charge in [-0.1, -0.05) is 15.9 Å². The Morgan fingerprint density at radius 1 is 1.53 bits per heavy atom. The highest BCUT2D eigenvalue weighted by Crippen LogP contribution is 2.23. The lowest BCUT2D eigenvalue weighted by atomic mass is 10.1. The van der Waals surface area contributed by atoms with Gasteiger partial charge in [-0.05, 0) is 31.0 Å². The highest BCUT2D eigenvalue weighted by atomic mass is 79.9. The summed E-state index contributed by atoms with van der Waals surface area (Å²) in [5.74, 6) is -0.0606. The first-order valence-electron chi connectivity index (χ1n) is 5.59. The molecule has 1 atom stereocenters. The summed E-state index contributed by atoms with van der Waals surface area (Å²) in [6.07, 6.45) is 1.81. The minimum Gasteiger partial charge on any atom is -0.399 e. The number of hydrogen-bond donors (Lipinski definition) is 2. The molecule has 1 fully saturated rings. The second-order valence-corrected chi connectivity index (χ2v) is 5.17. The summed E-state index contributed by atoms with van der Waals surface area (Å²) in [6, 6.07) is 5.12. The Morgan fingerprint density at radius 2 is 2.29 bits per heavy atom. The molecule has 92 valence electrons. The zero-order valence-electron chi connectivity index (χ0n) is 9.40. The summed E-state index contributed by atoms with van der Waals surface area (Å²) in [6.45, 7) is 0.728. The Balaban J connectivity index is 2.24. The lowest BCUT2D eigenvalue weighted by molar-refractivity contribution is 0.0677. The molecule has 2 rings (SSSR count). The van der Waals surface area contributed by atoms with E-state index in [0.717, 1.165) is 17.3 Å². The van der Waals surface area contributed by atoms with Crippen molar-refractivity contribution in [3.05, 3.63) is 28.2 Å². The van der Waals surface area contributed by atoms with Crippen LogP contribution in [0.4, 0.5) is 5.69 Å². The molecule has 1 amide bonds. The SMILES string of the molecule is Nc1cc(Br)cc(C(=O)N2CCC[C@@H]2CO)c1. The van der Waals surface area contributed by atoms with Crippen LogP contribution in [0.15, 0.2) is 22.7 Å². The van der Waals surface area contributed by atoms with Crippen LogP contribution in [0.3, 0.4) is 0 Å². The van der Waals surface area contributed by atoms with Crippen LogP contribution in [0.1, 0.15) is 23.2 Å². The fourth-order valence-corrected chi connectivity index (χ4v) is 2.71. The van der Waals surface area contributed by atoms with Crippen molar-refractivity contribution in [1.29, 1.82) is 0 Å². The van der Waals surface area contributed by atoms with E-state index >= 15 is 0 Å². The zero-order valence-corrected chi connectivity index (χ0v) is 11.0. The molecule has 5 heteroatoms. The number of aliphatic hydroxyl groups is 1. The van der Waals surface area contributed by atoms with Crippen LogP contribution < -0.4 is 5.73 Å². The summed E-state index contributed by atoms with van der Waals surface area (Å²) in [7, 11) is 0. The van der Waals surface area contributed by atoms with Gasteiger partial charge < -0.3 is 15.7 Å². The largest absolute Gasteiger partial charge is 0.399 e. The van der Waals surface area contributed by atoms with E-state index in [2.05, 4.69) is 15.9 Å².